The maximum absolute atomic E-state index is 11.2. The van der Waals surface area contributed by atoms with Crippen molar-refractivity contribution in [1.82, 2.24) is 0 Å². The number of amides is 1. The highest BCUT2D eigenvalue weighted by atomic mass is 35.5. The first-order valence-corrected chi connectivity index (χ1v) is 5.00. The molecule has 0 atom stereocenters. The molecule has 1 amide bonds. The van der Waals surface area contributed by atoms with E-state index in [1.807, 2.05) is 0 Å². The van der Waals surface area contributed by atoms with Crippen molar-refractivity contribution in [3.63, 3.8) is 0 Å². The molecular formula is C10H11Cl2NO2. The van der Waals surface area contributed by atoms with Gasteiger partial charge in [-0.05, 0) is 6.07 Å². The average Bonchev–Trinajstić information content (AvgIpc) is 2.19. The van der Waals surface area contributed by atoms with Crippen molar-refractivity contribution in [2.45, 2.75) is 6.92 Å². The van der Waals surface area contributed by atoms with Crippen LogP contribution in [0.1, 0.15) is 6.92 Å². The number of methoxy groups -OCH3 is 1. The van der Waals surface area contributed by atoms with Gasteiger partial charge < -0.3 is 9.64 Å². The monoisotopic (exact) mass is 247 g/mol. The molecule has 0 heterocycles. The van der Waals surface area contributed by atoms with Crippen LogP contribution in [0.5, 0.6) is 5.75 Å². The molecule has 1 rings (SSSR count). The van der Waals surface area contributed by atoms with Crippen molar-refractivity contribution in [3.8, 4) is 5.75 Å². The van der Waals surface area contributed by atoms with E-state index >= 15 is 0 Å². The highest BCUT2D eigenvalue weighted by Crippen LogP contribution is 2.35. The number of ether oxygens (including phenoxy) is 1. The maximum Gasteiger partial charge on any atom is 0.223 e. The molecule has 1 aromatic rings. The molecule has 15 heavy (non-hydrogen) atoms. The van der Waals surface area contributed by atoms with Gasteiger partial charge in [-0.3, -0.25) is 4.79 Å². The molecule has 3 nitrogen and oxygen atoms in total. The van der Waals surface area contributed by atoms with E-state index in [1.165, 1.54) is 18.9 Å². The molecule has 82 valence electrons. The molecule has 0 aliphatic rings. The lowest BCUT2D eigenvalue weighted by Gasteiger charge is -2.17. The number of carbonyl (C=O) groups is 1. The molecule has 0 unspecified atom stereocenters. The van der Waals surface area contributed by atoms with Gasteiger partial charge >= 0.3 is 0 Å². The van der Waals surface area contributed by atoms with Gasteiger partial charge in [0.25, 0.3) is 0 Å². The van der Waals surface area contributed by atoms with Crippen molar-refractivity contribution < 1.29 is 9.53 Å². The Hall–Kier alpha value is -0.930. The Kier molecular flexibility index (Phi) is 3.83. The van der Waals surface area contributed by atoms with E-state index in [0.29, 0.717) is 21.5 Å². The predicted octanol–water partition coefficient (Wildman–Crippen LogP) is 2.98. The zero-order valence-electron chi connectivity index (χ0n) is 8.67. The molecule has 0 spiro atoms. The molecule has 0 N–H and O–H groups in total. The number of nitrogens with zero attached hydrogens (tertiary/aromatic N) is 1. The Morgan fingerprint density at radius 3 is 2.40 bits per heavy atom. The Morgan fingerprint density at radius 1 is 1.33 bits per heavy atom. The second-order valence-corrected chi connectivity index (χ2v) is 3.83. The van der Waals surface area contributed by atoms with E-state index in [1.54, 1.807) is 19.2 Å². The van der Waals surface area contributed by atoms with Crippen LogP contribution < -0.4 is 9.64 Å². The number of halogens is 2. The smallest absolute Gasteiger partial charge is 0.223 e. The van der Waals surface area contributed by atoms with Crippen molar-refractivity contribution >= 4 is 34.8 Å². The topological polar surface area (TPSA) is 29.5 Å². The van der Waals surface area contributed by atoms with E-state index in [2.05, 4.69) is 0 Å². The van der Waals surface area contributed by atoms with Crippen LogP contribution in [0.2, 0.25) is 10.0 Å². The lowest BCUT2D eigenvalue weighted by Crippen LogP contribution is -2.23. The Bertz CT molecular complexity index is 393. The van der Waals surface area contributed by atoms with Gasteiger partial charge in [-0.25, -0.2) is 0 Å². The molecule has 0 saturated heterocycles. The number of benzene rings is 1. The van der Waals surface area contributed by atoms with Crippen LogP contribution in [0.15, 0.2) is 12.1 Å². The van der Waals surface area contributed by atoms with Crippen molar-refractivity contribution in [1.29, 1.82) is 0 Å². The fourth-order valence-electron chi connectivity index (χ4n) is 1.10. The minimum absolute atomic E-state index is 0.113. The number of rotatable bonds is 2. The summed E-state index contributed by atoms with van der Waals surface area (Å²) in [4.78, 5) is 12.6. The van der Waals surface area contributed by atoms with Crippen LogP contribution in [-0.2, 0) is 4.79 Å². The minimum Gasteiger partial charge on any atom is -0.495 e. The number of hydrogen-bond donors (Lipinski definition) is 0. The third-order valence-corrected chi connectivity index (χ3v) is 2.65. The quantitative estimate of drug-likeness (QED) is 0.805. The van der Waals surface area contributed by atoms with Crippen molar-refractivity contribution in [2.75, 3.05) is 19.1 Å². The molecule has 0 fully saturated rings. The number of hydrogen-bond acceptors (Lipinski definition) is 2. The molecule has 1 aromatic carbocycles. The van der Waals surface area contributed by atoms with Gasteiger partial charge in [0.05, 0.1) is 22.8 Å². The summed E-state index contributed by atoms with van der Waals surface area (Å²) in [7, 11) is 3.14. The highest BCUT2D eigenvalue weighted by molar-refractivity contribution is 6.36. The first-order chi connectivity index (χ1) is 6.97. The fraction of sp³-hybridized carbons (Fsp3) is 0.300. The molecule has 0 aliphatic carbocycles. The molecule has 0 radical (unpaired) electrons. The molecule has 5 heteroatoms. The Labute approximate surface area is 98.5 Å². The van der Waals surface area contributed by atoms with Crippen LogP contribution in [0, 0.1) is 0 Å². The van der Waals surface area contributed by atoms with Crippen molar-refractivity contribution in [2.24, 2.45) is 0 Å². The van der Waals surface area contributed by atoms with Gasteiger partial charge in [0.15, 0.2) is 0 Å². The average molecular weight is 248 g/mol. The van der Waals surface area contributed by atoms with Crippen LogP contribution in [0.3, 0.4) is 0 Å². The zero-order chi connectivity index (χ0) is 11.6. The SMILES string of the molecule is COc1cc(Cl)c(N(C)C(C)=O)cc1Cl. The van der Waals surface area contributed by atoms with Gasteiger partial charge in [0.1, 0.15) is 5.75 Å². The summed E-state index contributed by atoms with van der Waals surface area (Å²) in [5.41, 5.74) is 0.565. The van der Waals surface area contributed by atoms with E-state index in [0.717, 1.165) is 0 Å². The second kappa shape index (κ2) is 4.73. The zero-order valence-corrected chi connectivity index (χ0v) is 10.2. The number of carbonyl (C=O) groups excluding carboxylic acids is 1. The summed E-state index contributed by atoms with van der Waals surface area (Å²) in [6, 6.07) is 3.18. The van der Waals surface area contributed by atoms with Gasteiger partial charge in [-0.15, -0.1) is 0 Å². The Morgan fingerprint density at radius 2 is 1.93 bits per heavy atom. The summed E-state index contributed by atoms with van der Waals surface area (Å²) >= 11 is 11.9. The second-order valence-electron chi connectivity index (χ2n) is 3.02. The standard InChI is InChI=1S/C10H11Cl2NO2/c1-6(14)13(2)9-4-8(12)10(15-3)5-7(9)11/h4-5H,1-3H3. The fourth-order valence-corrected chi connectivity index (χ4v) is 1.62. The molecule has 0 saturated carbocycles. The maximum atomic E-state index is 11.2. The lowest BCUT2D eigenvalue weighted by atomic mass is 10.2. The van der Waals surface area contributed by atoms with E-state index in [-0.39, 0.29) is 5.91 Å². The van der Waals surface area contributed by atoms with E-state index in [4.69, 9.17) is 27.9 Å². The minimum atomic E-state index is -0.113. The Balaban J connectivity index is 3.21. The highest BCUT2D eigenvalue weighted by Gasteiger charge is 2.13. The van der Waals surface area contributed by atoms with Crippen LogP contribution in [-0.4, -0.2) is 20.1 Å². The molecule has 0 bridgehead atoms. The van der Waals surface area contributed by atoms with Gasteiger partial charge in [-0.1, -0.05) is 23.2 Å². The van der Waals surface area contributed by atoms with Crippen LogP contribution >= 0.6 is 23.2 Å². The van der Waals surface area contributed by atoms with Gasteiger partial charge in [0.2, 0.25) is 5.91 Å². The summed E-state index contributed by atoms with van der Waals surface area (Å²) in [6.45, 7) is 1.45. The molecular weight excluding hydrogens is 237 g/mol. The van der Waals surface area contributed by atoms with Crippen LogP contribution in [0.25, 0.3) is 0 Å². The van der Waals surface area contributed by atoms with E-state index < -0.39 is 0 Å². The summed E-state index contributed by atoms with van der Waals surface area (Å²) in [6.07, 6.45) is 0. The predicted molar refractivity (Wildman–Crippen MR) is 62.1 cm³/mol. The summed E-state index contributed by atoms with van der Waals surface area (Å²) in [5.74, 6) is 0.375. The van der Waals surface area contributed by atoms with Crippen molar-refractivity contribution in [3.05, 3.63) is 22.2 Å². The first-order valence-electron chi connectivity index (χ1n) is 4.24. The molecule has 0 aromatic heterocycles. The van der Waals surface area contributed by atoms with Gasteiger partial charge in [-0.2, -0.15) is 0 Å². The summed E-state index contributed by atoms with van der Waals surface area (Å²) in [5, 5.41) is 0.846. The normalized spacial score (nSPS) is 9.93. The third kappa shape index (κ3) is 2.55. The van der Waals surface area contributed by atoms with Crippen LogP contribution in [0.4, 0.5) is 5.69 Å². The van der Waals surface area contributed by atoms with E-state index in [9.17, 15) is 4.79 Å². The third-order valence-electron chi connectivity index (χ3n) is 2.05. The van der Waals surface area contributed by atoms with Gasteiger partial charge in [0, 0.05) is 20.0 Å². The summed E-state index contributed by atoms with van der Waals surface area (Å²) < 4.78 is 5.00. The first kappa shape index (κ1) is 12.1. The lowest BCUT2D eigenvalue weighted by molar-refractivity contribution is -0.116. The largest absolute Gasteiger partial charge is 0.495 e. The number of anilines is 1. The molecule has 0 aliphatic heterocycles.